The highest BCUT2D eigenvalue weighted by Crippen LogP contribution is 2.58. The van der Waals surface area contributed by atoms with Crippen molar-refractivity contribution in [2.24, 2.45) is 11.3 Å². The van der Waals surface area contributed by atoms with Crippen molar-refractivity contribution in [1.82, 2.24) is 15.5 Å². The summed E-state index contributed by atoms with van der Waals surface area (Å²) >= 11 is 2.01. The molecule has 1 saturated carbocycles. The number of rotatable bonds is 4. The molecule has 3 fully saturated rings. The topological polar surface area (TPSA) is 44.4 Å². The fourth-order valence-corrected chi connectivity index (χ4v) is 5.37. The van der Waals surface area contributed by atoms with Crippen LogP contribution in [0.2, 0.25) is 0 Å². The standard InChI is InChI=1S/C15H27N3OS/c1-18(2)15(5-8-20-11-15)10-17-13(19)12-9-14(12)3-6-16-7-4-14/h12,16H,3-11H2,1-2H3,(H,17,19). The fraction of sp³-hybridized carbons (Fsp3) is 0.933. The van der Waals surface area contributed by atoms with Crippen LogP contribution in [0, 0.1) is 11.3 Å². The van der Waals surface area contributed by atoms with E-state index in [-0.39, 0.29) is 11.5 Å². The number of nitrogens with one attached hydrogen (secondary N) is 2. The molecule has 2 unspecified atom stereocenters. The van der Waals surface area contributed by atoms with E-state index < -0.39 is 0 Å². The normalized spacial score (nSPS) is 35.5. The molecule has 1 spiro atoms. The van der Waals surface area contributed by atoms with Crippen molar-refractivity contribution >= 4 is 17.7 Å². The zero-order chi connectivity index (χ0) is 14.2. The Kier molecular flexibility index (Phi) is 4.04. The van der Waals surface area contributed by atoms with Crippen molar-refractivity contribution in [1.29, 1.82) is 0 Å². The van der Waals surface area contributed by atoms with Gasteiger partial charge in [0.05, 0.1) is 0 Å². The Morgan fingerprint density at radius 2 is 2.10 bits per heavy atom. The lowest BCUT2D eigenvalue weighted by Crippen LogP contribution is -2.53. The summed E-state index contributed by atoms with van der Waals surface area (Å²) in [6.07, 6.45) is 4.66. The van der Waals surface area contributed by atoms with E-state index in [0.717, 1.165) is 31.8 Å². The number of thioether (sulfide) groups is 1. The minimum atomic E-state index is 0.177. The van der Waals surface area contributed by atoms with Crippen molar-refractivity contribution in [3.8, 4) is 0 Å². The molecule has 1 amide bonds. The Morgan fingerprint density at radius 1 is 1.35 bits per heavy atom. The van der Waals surface area contributed by atoms with E-state index in [4.69, 9.17) is 0 Å². The third-order valence-electron chi connectivity index (χ3n) is 5.73. The molecular weight excluding hydrogens is 270 g/mol. The van der Waals surface area contributed by atoms with E-state index in [2.05, 4.69) is 29.6 Å². The monoisotopic (exact) mass is 297 g/mol. The fourth-order valence-electron chi connectivity index (χ4n) is 3.82. The maximum atomic E-state index is 12.4. The molecule has 0 radical (unpaired) electrons. The average molecular weight is 297 g/mol. The average Bonchev–Trinajstić information content (AvgIpc) is 2.92. The van der Waals surface area contributed by atoms with Crippen LogP contribution in [0.1, 0.15) is 25.7 Å². The molecule has 2 atom stereocenters. The molecule has 3 rings (SSSR count). The van der Waals surface area contributed by atoms with Crippen LogP contribution < -0.4 is 10.6 Å². The first-order chi connectivity index (χ1) is 9.58. The highest BCUT2D eigenvalue weighted by Gasteiger charge is 2.57. The first-order valence-electron chi connectivity index (χ1n) is 7.82. The molecular formula is C15H27N3OS. The largest absolute Gasteiger partial charge is 0.354 e. The lowest BCUT2D eigenvalue weighted by atomic mass is 9.91. The Morgan fingerprint density at radius 3 is 2.70 bits per heavy atom. The van der Waals surface area contributed by atoms with Crippen LogP contribution in [0.25, 0.3) is 0 Å². The van der Waals surface area contributed by atoms with Crippen LogP contribution >= 0.6 is 11.8 Å². The zero-order valence-corrected chi connectivity index (χ0v) is 13.5. The lowest BCUT2D eigenvalue weighted by Gasteiger charge is -2.36. The quantitative estimate of drug-likeness (QED) is 0.810. The first-order valence-corrected chi connectivity index (χ1v) is 8.97. The number of piperidine rings is 1. The van der Waals surface area contributed by atoms with Gasteiger partial charge in [-0.3, -0.25) is 4.79 Å². The van der Waals surface area contributed by atoms with E-state index in [9.17, 15) is 4.79 Å². The van der Waals surface area contributed by atoms with Gasteiger partial charge in [-0.25, -0.2) is 0 Å². The van der Waals surface area contributed by atoms with Gasteiger partial charge in [0, 0.05) is 23.8 Å². The second-order valence-corrected chi connectivity index (χ2v) is 8.11. The third kappa shape index (κ3) is 2.60. The van der Waals surface area contributed by atoms with E-state index in [1.54, 1.807) is 0 Å². The molecule has 2 saturated heterocycles. The molecule has 2 aliphatic heterocycles. The highest BCUT2D eigenvalue weighted by atomic mass is 32.2. The van der Waals surface area contributed by atoms with E-state index >= 15 is 0 Å². The summed E-state index contributed by atoms with van der Waals surface area (Å²) in [5, 5.41) is 6.66. The molecule has 0 aromatic rings. The van der Waals surface area contributed by atoms with Crippen LogP contribution in [0.15, 0.2) is 0 Å². The van der Waals surface area contributed by atoms with Crippen molar-refractivity contribution < 1.29 is 4.79 Å². The summed E-state index contributed by atoms with van der Waals surface area (Å²) in [6.45, 7) is 2.99. The van der Waals surface area contributed by atoms with Crippen LogP contribution in [-0.4, -0.2) is 61.6 Å². The van der Waals surface area contributed by atoms with Crippen LogP contribution in [0.3, 0.4) is 0 Å². The second-order valence-electron chi connectivity index (χ2n) is 7.01. The Balaban J connectivity index is 1.52. The Hall–Kier alpha value is -0.260. The SMILES string of the molecule is CN(C)C1(CNC(=O)C2CC23CCNCC3)CCSC1. The van der Waals surface area contributed by atoms with Gasteiger partial charge in [-0.2, -0.15) is 11.8 Å². The summed E-state index contributed by atoms with van der Waals surface area (Å²) in [5.74, 6) is 2.95. The molecule has 20 heavy (non-hydrogen) atoms. The molecule has 2 N–H and O–H groups in total. The van der Waals surface area contributed by atoms with Gasteiger partial charge in [0.2, 0.25) is 5.91 Å². The summed E-state index contributed by atoms with van der Waals surface area (Å²) in [7, 11) is 4.28. The van der Waals surface area contributed by atoms with Crippen molar-refractivity contribution in [2.75, 3.05) is 45.2 Å². The molecule has 0 aromatic heterocycles. The number of carbonyl (C=O) groups excluding carboxylic acids is 1. The number of amides is 1. The first kappa shape index (κ1) is 14.7. The summed E-state index contributed by atoms with van der Waals surface area (Å²) in [5.41, 5.74) is 0.529. The molecule has 5 heteroatoms. The van der Waals surface area contributed by atoms with Crippen molar-refractivity contribution in [3.05, 3.63) is 0 Å². The van der Waals surface area contributed by atoms with E-state index in [0.29, 0.717) is 11.3 Å². The molecule has 0 bridgehead atoms. The maximum Gasteiger partial charge on any atom is 0.223 e. The van der Waals surface area contributed by atoms with Crippen molar-refractivity contribution in [2.45, 2.75) is 31.2 Å². The Bertz CT molecular complexity index is 373. The number of likely N-dealkylation sites (N-methyl/N-ethyl adjacent to an activating group) is 1. The van der Waals surface area contributed by atoms with Crippen molar-refractivity contribution in [3.63, 3.8) is 0 Å². The predicted octanol–water partition coefficient (Wildman–Crippen LogP) is 0.930. The third-order valence-corrected chi connectivity index (χ3v) is 6.96. The molecule has 0 aromatic carbocycles. The summed E-state index contributed by atoms with van der Waals surface area (Å²) in [4.78, 5) is 14.7. The number of carbonyl (C=O) groups is 1. The Labute approximate surface area is 126 Å². The zero-order valence-electron chi connectivity index (χ0n) is 12.7. The van der Waals surface area contributed by atoms with Gasteiger partial charge in [-0.1, -0.05) is 0 Å². The van der Waals surface area contributed by atoms with E-state index in [1.165, 1.54) is 25.0 Å². The minimum absolute atomic E-state index is 0.177. The number of hydrogen-bond acceptors (Lipinski definition) is 4. The predicted molar refractivity (Wildman–Crippen MR) is 84.0 cm³/mol. The van der Waals surface area contributed by atoms with E-state index in [1.807, 2.05) is 11.8 Å². The van der Waals surface area contributed by atoms with Gasteiger partial charge in [-0.05, 0) is 64.0 Å². The molecule has 1 aliphatic carbocycles. The lowest BCUT2D eigenvalue weighted by molar-refractivity contribution is -0.123. The minimum Gasteiger partial charge on any atom is -0.354 e. The smallest absolute Gasteiger partial charge is 0.223 e. The van der Waals surface area contributed by atoms with Crippen LogP contribution in [0.5, 0.6) is 0 Å². The highest BCUT2D eigenvalue weighted by molar-refractivity contribution is 7.99. The molecule has 114 valence electrons. The van der Waals surface area contributed by atoms with Crippen LogP contribution in [-0.2, 0) is 4.79 Å². The molecule has 4 nitrogen and oxygen atoms in total. The van der Waals surface area contributed by atoms with Gasteiger partial charge in [-0.15, -0.1) is 0 Å². The van der Waals surface area contributed by atoms with Gasteiger partial charge >= 0.3 is 0 Å². The van der Waals surface area contributed by atoms with Gasteiger partial charge < -0.3 is 15.5 Å². The number of nitrogens with zero attached hydrogens (tertiary/aromatic N) is 1. The van der Waals surface area contributed by atoms with Gasteiger partial charge in [0.25, 0.3) is 0 Å². The van der Waals surface area contributed by atoms with Crippen LogP contribution in [0.4, 0.5) is 0 Å². The van der Waals surface area contributed by atoms with Gasteiger partial charge in [0.15, 0.2) is 0 Å². The molecule has 2 heterocycles. The van der Waals surface area contributed by atoms with Gasteiger partial charge in [0.1, 0.15) is 0 Å². The summed E-state index contributed by atoms with van der Waals surface area (Å²) < 4.78 is 0. The number of hydrogen-bond donors (Lipinski definition) is 2. The molecule has 3 aliphatic rings. The summed E-state index contributed by atoms with van der Waals surface area (Å²) in [6, 6.07) is 0. The maximum absolute atomic E-state index is 12.4. The second kappa shape index (κ2) is 5.50.